The summed E-state index contributed by atoms with van der Waals surface area (Å²) in [6.07, 6.45) is 3.19. The van der Waals surface area contributed by atoms with Gasteiger partial charge in [0.2, 0.25) is 5.79 Å². The van der Waals surface area contributed by atoms with Crippen LogP contribution in [0.2, 0.25) is 0 Å². The SMILES string of the molecule is CC1(C)Oc2ccc(CCC(C)(C)N3Cc4ccc(S(C)(=O)=O)cc4C3)cc2O1. The lowest BCUT2D eigenvalue weighted by Gasteiger charge is -2.35. The summed E-state index contributed by atoms with van der Waals surface area (Å²) in [5, 5.41) is 0. The topological polar surface area (TPSA) is 55.8 Å². The van der Waals surface area contributed by atoms with Gasteiger partial charge in [-0.3, -0.25) is 4.90 Å². The average molecular weight is 416 g/mol. The Hall–Kier alpha value is -2.05. The maximum Gasteiger partial charge on any atom is 0.246 e. The van der Waals surface area contributed by atoms with Crippen LogP contribution in [-0.2, 0) is 29.3 Å². The molecule has 0 saturated heterocycles. The first-order valence-electron chi connectivity index (χ1n) is 10.0. The predicted octanol–water partition coefficient (Wildman–Crippen LogP) is 4.32. The van der Waals surface area contributed by atoms with Crippen LogP contribution in [0, 0.1) is 0 Å². The minimum atomic E-state index is -3.18. The van der Waals surface area contributed by atoms with Crippen molar-refractivity contribution in [3.05, 3.63) is 53.1 Å². The van der Waals surface area contributed by atoms with E-state index < -0.39 is 15.6 Å². The Kier molecular flexibility index (Phi) is 4.70. The molecule has 0 N–H and O–H groups in total. The van der Waals surface area contributed by atoms with Gasteiger partial charge in [-0.15, -0.1) is 0 Å². The van der Waals surface area contributed by atoms with E-state index in [0.29, 0.717) is 4.90 Å². The van der Waals surface area contributed by atoms with Crippen molar-refractivity contribution in [2.75, 3.05) is 6.26 Å². The van der Waals surface area contributed by atoms with Crippen LogP contribution in [0.3, 0.4) is 0 Å². The second-order valence-electron chi connectivity index (χ2n) is 9.26. The Morgan fingerprint density at radius 3 is 2.41 bits per heavy atom. The number of aryl methyl sites for hydroxylation is 1. The van der Waals surface area contributed by atoms with E-state index >= 15 is 0 Å². The van der Waals surface area contributed by atoms with Gasteiger partial charge < -0.3 is 9.47 Å². The molecule has 6 heteroatoms. The molecule has 0 saturated carbocycles. The molecule has 4 rings (SSSR count). The quantitative estimate of drug-likeness (QED) is 0.728. The summed E-state index contributed by atoms with van der Waals surface area (Å²) < 4.78 is 35.4. The zero-order valence-corrected chi connectivity index (χ0v) is 18.6. The fourth-order valence-corrected chi connectivity index (χ4v) is 4.73. The fraction of sp³-hybridized carbons (Fsp3) is 0.478. The van der Waals surface area contributed by atoms with Crippen LogP contribution in [0.25, 0.3) is 0 Å². The van der Waals surface area contributed by atoms with Crippen LogP contribution in [0.15, 0.2) is 41.3 Å². The number of rotatable bonds is 5. The number of benzene rings is 2. The zero-order chi connectivity index (χ0) is 21.0. The van der Waals surface area contributed by atoms with Crippen LogP contribution in [0.4, 0.5) is 0 Å². The van der Waals surface area contributed by atoms with Crippen molar-refractivity contribution in [3.63, 3.8) is 0 Å². The Labute approximate surface area is 173 Å². The van der Waals surface area contributed by atoms with E-state index in [-0.39, 0.29) is 5.54 Å². The molecule has 2 aromatic carbocycles. The van der Waals surface area contributed by atoms with Gasteiger partial charge in [-0.05, 0) is 67.6 Å². The van der Waals surface area contributed by atoms with Gasteiger partial charge >= 0.3 is 0 Å². The van der Waals surface area contributed by atoms with E-state index in [1.165, 1.54) is 17.4 Å². The molecule has 0 aliphatic carbocycles. The summed E-state index contributed by atoms with van der Waals surface area (Å²) in [5.74, 6) is 1.01. The Bertz CT molecular complexity index is 1060. The predicted molar refractivity (Wildman–Crippen MR) is 113 cm³/mol. The Balaban J connectivity index is 1.44. The van der Waals surface area contributed by atoms with Gasteiger partial charge in [-0.25, -0.2) is 8.42 Å². The summed E-state index contributed by atoms with van der Waals surface area (Å²) >= 11 is 0. The standard InChI is InChI=1S/C23H29NO4S/c1-22(2,11-10-16-6-9-20-21(12-16)28-23(3,4)27-20)24-14-17-7-8-19(29(5,25)26)13-18(17)15-24/h6-9,12-13H,10-11,14-15H2,1-5H3. The van der Waals surface area contributed by atoms with Gasteiger partial charge in [0.15, 0.2) is 21.3 Å². The maximum atomic E-state index is 11.9. The summed E-state index contributed by atoms with van der Waals surface area (Å²) in [7, 11) is -3.18. The van der Waals surface area contributed by atoms with E-state index in [2.05, 4.69) is 30.9 Å². The van der Waals surface area contributed by atoms with E-state index in [1.54, 1.807) is 6.07 Å². The van der Waals surface area contributed by atoms with Crippen molar-refractivity contribution < 1.29 is 17.9 Å². The minimum Gasteiger partial charge on any atom is -0.449 e. The molecule has 0 unspecified atom stereocenters. The molecular formula is C23H29NO4S. The summed E-state index contributed by atoms with van der Waals surface area (Å²) in [6, 6.07) is 11.7. The molecule has 2 aliphatic heterocycles. The second-order valence-corrected chi connectivity index (χ2v) is 11.3. The van der Waals surface area contributed by atoms with Crippen LogP contribution >= 0.6 is 0 Å². The third-order valence-corrected chi connectivity index (χ3v) is 7.04. The molecule has 2 aliphatic rings. The summed E-state index contributed by atoms with van der Waals surface area (Å²) in [6.45, 7) is 9.97. The highest BCUT2D eigenvalue weighted by Gasteiger charge is 2.33. The van der Waals surface area contributed by atoms with Gasteiger partial charge in [0.05, 0.1) is 4.90 Å². The van der Waals surface area contributed by atoms with Crippen molar-refractivity contribution in [3.8, 4) is 11.5 Å². The van der Waals surface area contributed by atoms with Gasteiger partial charge in [0.25, 0.3) is 0 Å². The maximum absolute atomic E-state index is 11.9. The van der Waals surface area contributed by atoms with Crippen LogP contribution < -0.4 is 9.47 Å². The number of ether oxygens (including phenoxy) is 2. The van der Waals surface area contributed by atoms with Gasteiger partial charge in [-0.1, -0.05) is 12.1 Å². The molecule has 156 valence electrons. The second kappa shape index (κ2) is 6.74. The molecule has 0 spiro atoms. The van der Waals surface area contributed by atoms with E-state index in [9.17, 15) is 8.42 Å². The van der Waals surface area contributed by atoms with Crippen molar-refractivity contribution in [1.29, 1.82) is 0 Å². The molecule has 0 atom stereocenters. The van der Waals surface area contributed by atoms with E-state index in [4.69, 9.17) is 9.47 Å². The lowest BCUT2D eigenvalue weighted by Crippen LogP contribution is -2.40. The fourth-order valence-electron chi connectivity index (χ4n) is 4.06. The Morgan fingerprint density at radius 2 is 1.69 bits per heavy atom. The van der Waals surface area contributed by atoms with Crippen molar-refractivity contribution >= 4 is 9.84 Å². The highest BCUT2D eigenvalue weighted by Crippen LogP contribution is 2.40. The molecule has 5 nitrogen and oxygen atoms in total. The van der Waals surface area contributed by atoms with Gasteiger partial charge in [0, 0.05) is 38.7 Å². The first kappa shape index (κ1) is 20.2. The number of hydrogen-bond acceptors (Lipinski definition) is 5. The highest BCUT2D eigenvalue weighted by molar-refractivity contribution is 7.90. The monoisotopic (exact) mass is 415 g/mol. The summed E-state index contributed by atoms with van der Waals surface area (Å²) in [4.78, 5) is 2.83. The first-order valence-corrected chi connectivity index (χ1v) is 11.9. The number of nitrogens with zero attached hydrogens (tertiary/aromatic N) is 1. The molecule has 2 aromatic rings. The molecule has 0 radical (unpaired) electrons. The van der Waals surface area contributed by atoms with Gasteiger partial charge in [0.1, 0.15) is 0 Å². The van der Waals surface area contributed by atoms with Crippen molar-refractivity contribution in [2.24, 2.45) is 0 Å². The summed E-state index contributed by atoms with van der Waals surface area (Å²) in [5.41, 5.74) is 3.55. The van der Waals surface area contributed by atoms with Gasteiger partial charge in [-0.2, -0.15) is 0 Å². The average Bonchev–Trinajstić information content (AvgIpc) is 3.17. The van der Waals surface area contributed by atoms with Crippen molar-refractivity contribution in [1.82, 2.24) is 4.90 Å². The zero-order valence-electron chi connectivity index (χ0n) is 17.8. The third-order valence-electron chi connectivity index (χ3n) is 5.93. The molecule has 0 aromatic heterocycles. The van der Waals surface area contributed by atoms with Crippen LogP contribution in [-0.4, -0.2) is 30.9 Å². The largest absolute Gasteiger partial charge is 0.449 e. The van der Waals surface area contributed by atoms with Crippen molar-refractivity contribution in [2.45, 2.75) is 69.8 Å². The highest BCUT2D eigenvalue weighted by atomic mass is 32.2. The smallest absolute Gasteiger partial charge is 0.246 e. The first-order chi connectivity index (χ1) is 13.4. The molecular weight excluding hydrogens is 386 g/mol. The third kappa shape index (κ3) is 4.14. The number of fused-ring (bicyclic) bond motifs is 2. The number of hydrogen-bond donors (Lipinski definition) is 0. The number of sulfone groups is 1. The normalized spacial score (nSPS) is 18.1. The van der Waals surface area contributed by atoms with Crippen LogP contribution in [0.1, 0.15) is 50.8 Å². The van der Waals surface area contributed by atoms with E-state index in [0.717, 1.165) is 43.0 Å². The lowest BCUT2D eigenvalue weighted by atomic mass is 9.93. The molecule has 0 fully saturated rings. The molecule has 29 heavy (non-hydrogen) atoms. The van der Waals surface area contributed by atoms with Crippen LogP contribution in [0.5, 0.6) is 11.5 Å². The van der Waals surface area contributed by atoms with E-state index in [1.807, 2.05) is 32.0 Å². The lowest BCUT2D eigenvalue weighted by molar-refractivity contribution is -0.0431. The Morgan fingerprint density at radius 1 is 1.00 bits per heavy atom. The molecule has 0 bridgehead atoms. The molecule has 2 heterocycles. The molecule has 0 amide bonds. The minimum absolute atomic E-state index is 0.0140.